The van der Waals surface area contributed by atoms with Gasteiger partial charge in [-0.1, -0.05) is 29.8 Å². The van der Waals surface area contributed by atoms with Crippen LogP contribution < -0.4 is 19.7 Å². The summed E-state index contributed by atoms with van der Waals surface area (Å²) in [4.78, 5) is 11.8. The number of rotatable bonds is 7. The van der Waals surface area contributed by atoms with Crippen molar-refractivity contribution in [2.24, 2.45) is 0 Å². The summed E-state index contributed by atoms with van der Waals surface area (Å²) in [5.74, 6) is 2.48. The summed E-state index contributed by atoms with van der Waals surface area (Å²) >= 11 is 5.97. The zero-order chi connectivity index (χ0) is 24.9. The van der Waals surface area contributed by atoms with Crippen LogP contribution in [0.5, 0.6) is 11.5 Å². The van der Waals surface area contributed by atoms with E-state index in [2.05, 4.69) is 16.3 Å². The molecule has 8 nitrogen and oxygen atoms in total. The van der Waals surface area contributed by atoms with Crippen LogP contribution in [0.3, 0.4) is 0 Å². The fourth-order valence-corrected chi connectivity index (χ4v) is 4.11. The lowest BCUT2D eigenvalue weighted by molar-refractivity contribution is 0.122. The number of halogens is 1. The quantitative estimate of drug-likeness (QED) is 0.363. The summed E-state index contributed by atoms with van der Waals surface area (Å²) in [5.41, 5.74) is 3.48. The average molecular weight is 502 g/mol. The maximum Gasteiger partial charge on any atom is 0.174 e. The molecule has 1 aromatic heterocycles. The van der Waals surface area contributed by atoms with Crippen LogP contribution in [0, 0.1) is 11.3 Å². The predicted octanol–water partition coefficient (Wildman–Crippen LogP) is 5.32. The molecule has 0 unspecified atom stereocenters. The van der Waals surface area contributed by atoms with Gasteiger partial charge in [0.25, 0.3) is 0 Å². The number of nitrogens with one attached hydrogen (secondary N) is 1. The van der Waals surface area contributed by atoms with E-state index in [9.17, 15) is 5.26 Å². The van der Waals surface area contributed by atoms with Gasteiger partial charge in [0.05, 0.1) is 31.4 Å². The van der Waals surface area contributed by atoms with E-state index >= 15 is 0 Å². The first-order valence-electron chi connectivity index (χ1n) is 11.5. The minimum atomic E-state index is 0.388. The highest BCUT2D eigenvalue weighted by Gasteiger charge is 2.20. The van der Waals surface area contributed by atoms with Crippen LogP contribution in [-0.2, 0) is 11.3 Å². The topological polar surface area (TPSA) is 92.5 Å². The number of ether oxygens (including phenoxy) is 3. The summed E-state index contributed by atoms with van der Waals surface area (Å²) in [5, 5.41) is 13.6. The molecule has 9 heteroatoms. The van der Waals surface area contributed by atoms with Gasteiger partial charge >= 0.3 is 0 Å². The van der Waals surface area contributed by atoms with E-state index in [-0.39, 0.29) is 0 Å². The van der Waals surface area contributed by atoms with Gasteiger partial charge in [0.2, 0.25) is 0 Å². The van der Waals surface area contributed by atoms with Crippen molar-refractivity contribution < 1.29 is 14.2 Å². The SMILES string of the molecule is COc1cc(Nc2nc3cccc(C#N)c3nc2N2CCOCC2)ccc1OCc1ccc(Cl)cc1. The Morgan fingerprint density at radius 3 is 2.61 bits per heavy atom. The van der Waals surface area contributed by atoms with Gasteiger partial charge in [-0.3, -0.25) is 0 Å². The maximum absolute atomic E-state index is 9.55. The number of aromatic nitrogens is 2. The Morgan fingerprint density at radius 2 is 1.86 bits per heavy atom. The molecule has 1 fully saturated rings. The van der Waals surface area contributed by atoms with Crippen LogP contribution in [0.25, 0.3) is 11.0 Å². The van der Waals surface area contributed by atoms with Gasteiger partial charge in [-0.25, -0.2) is 9.97 Å². The lowest BCUT2D eigenvalue weighted by Crippen LogP contribution is -2.37. The second-order valence-electron chi connectivity index (χ2n) is 8.19. The highest BCUT2D eigenvalue weighted by Crippen LogP contribution is 2.34. The van der Waals surface area contributed by atoms with Crippen molar-refractivity contribution >= 4 is 40.0 Å². The third-order valence-corrected chi connectivity index (χ3v) is 6.09. The minimum absolute atomic E-state index is 0.388. The van der Waals surface area contributed by atoms with Crippen molar-refractivity contribution in [3.05, 3.63) is 76.8 Å². The zero-order valence-electron chi connectivity index (χ0n) is 19.7. The van der Waals surface area contributed by atoms with Crippen LogP contribution >= 0.6 is 11.6 Å². The number of para-hydroxylation sites is 1. The Morgan fingerprint density at radius 1 is 1.06 bits per heavy atom. The molecule has 36 heavy (non-hydrogen) atoms. The van der Waals surface area contributed by atoms with E-state index < -0.39 is 0 Å². The normalized spacial score (nSPS) is 13.3. The van der Waals surface area contributed by atoms with Crippen LogP contribution in [0.1, 0.15) is 11.1 Å². The van der Waals surface area contributed by atoms with E-state index in [1.54, 1.807) is 13.2 Å². The average Bonchev–Trinajstić information content (AvgIpc) is 2.92. The number of nitrogens with zero attached hydrogens (tertiary/aromatic N) is 4. The van der Waals surface area contributed by atoms with Gasteiger partial charge in [0, 0.05) is 29.9 Å². The summed E-state index contributed by atoms with van der Waals surface area (Å²) in [6.45, 7) is 2.96. The number of fused-ring (bicyclic) bond motifs is 1. The summed E-state index contributed by atoms with van der Waals surface area (Å²) < 4.78 is 17.1. The maximum atomic E-state index is 9.55. The number of anilines is 3. The number of morpholine rings is 1. The smallest absolute Gasteiger partial charge is 0.174 e. The van der Waals surface area contributed by atoms with Crippen molar-refractivity contribution in [3.8, 4) is 17.6 Å². The van der Waals surface area contributed by atoms with Crippen molar-refractivity contribution in [1.29, 1.82) is 5.26 Å². The molecule has 182 valence electrons. The van der Waals surface area contributed by atoms with Gasteiger partial charge in [-0.15, -0.1) is 0 Å². The van der Waals surface area contributed by atoms with E-state index in [1.165, 1.54) is 0 Å². The molecule has 0 atom stereocenters. The molecule has 4 aromatic rings. The van der Waals surface area contributed by atoms with E-state index in [0.29, 0.717) is 77.7 Å². The molecule has 2 heterocycles. The number of methoxy groups -OCH3 is 1. The summed E-state index contributed by atoms with van der Waals surface area (Å²) in [6.07, 6.45) is 0. The van der Waals surface area contributed by atoms with Gasteiger partial charge in [0.1, 0.15) is 18.2 Å². The number of nitriles is 1. The van der Waals surface area contributed by atoms with Crippen LogP contribution in [0.15, 0.2) is 60.7 Å². The molecule has 0 aliphatic carbocycles. The van der Waals surface area contributed by atoms with Gasteiger partial charge in [0.15, 0.2) is 23.1 Å². The van der Waals surface area contributed by atoms with Gasteiger partial charge < -0.3 is 24.4 Å². The first-order chi connectivity index (χ1) is 17.6. The summed E-state index contributed by atoms with van der Waals surface area (Å²) in [6, 6.07) is 20.8. The minimum Gasteiger partial charge on any atom is -0.493 e. The van der Waals surface area contributed by atoms with Crippen molar-refractivity contribution in [2.75, 3.05) is 43.6 Å². The van der Waals surface area contributed by atoms with Crippen molar-refractivity contribution in [1.82, 2.24) is 9.97 Å². The Kier molecular flexibility index (Phi) is 7.03. The molecule has 0 saturated carbocycles. The number of benzene rings is 3. The fourth-order valence-electron chi connectivity index (χ4n) is 3.98. The molecule has 5 rings (SSSR count). The number of hydrogen-bond donors (Lipinski definition) is 1. The molecule has 0 bridgehead atoms. The Labute approximate surface area is 214 Å². The van der Waals surface area contributed by atoms with E-state index in [0.717, 1.165) is 11.3 Å². The predicted molar refractivity (Wildman–Crippen MR) is 139 cm³/mol. The molecular weight excluding hydrogens is 478 g/mol. The highest BCUT2D eigenvalue weighted by atomic mass is 35.5. The Balaban J connectivity index is 1.44. The molecule has 0 spiro atoms. The van der Waals surface area contributed by atoms with Crippen molar-refractivity contribution in [3.63, 3.8) is 0 Å². The lowest BCUT2D eigenvalue weighted by Gasteiger charge is -2.29. The largest absolute Gasteiger partial charge is 0.493 e. The molecule has 1 N–H and O–H groups in total. The second kappa shape index (κ2) is 10.7. The van der Waals surface area contributed by atoms with Gasteiger partial charge in [-0.05, 0) is 42.0 Å². The second-order valence-corrected chi connectivity index (χ2v) is 8.62. The first-order valence-corrected chi connectivity index (χ1v) is 11.9. The zero-order valence-corrected chi connectivity index (χ0v) is 20.5. The molecular formula is C27H24ClN5O3. The summed E-state index contributed by atoms with van der Waals surface area (Å²) in [7, 11) is 1.60. The molecule has 1 aliphatic heterocycles. The van der Waals surface area contributed by atoms with E-state index in [1.807, 2.05) is 54.6 Å². The Bertz CT molecular complexity index is 1420. The Hall–Kier alpha value is -4.06. The number of hydrogen-bond acceptors (Lipinski definition) is 8. The molecule has 0 radical (unpaired) electrons. The first kappa shape index (κ1) is 23.7. The van der Waals surface area contributed by atoms with Crippen molar-refractivity contribution in [2.45, 2.75) is 6.61 Å². The molecule has 3 aromatic carbocycles. The third kappa shape index (κ3) is 5.13. The standard InChI is InChI=1S/C27H24ClN5O3/c1-34-24-15-21(9-10-23(24)36-17-18-5-7-20(28)8-6-18)30-26-27(33-11-13-35-14-12-33)32-25-19(16-29)3-2-4-22(25)31-26/h2-10,15H,11-14,17H2,1H3,(H,30,31). The third-order valence-electron chi connectivity index (χ3n) is 5.84. The van der Waals surface area contributed by atoms with Gasteiger partial charge in [-0.2, -0.15) is 5.26 Å². The monoisotopic (exact) mass is 501 g/mol. The lowest BCUT2D eigenvalue weighted by atomic mass is 10.2. The molecule has 1 aliphatic rings. The van der Waals surface area contributed by atoms with Crippen LogP contribution in [0.4, 0.5) is 17.3 Å². The van der Waals surface area contributed by atoms with E-state index in [4.69, 9.17) is 35.8 Å². The molecule has 0 amide bonds. The van der Waals surface area contributed by atoms with Crippen LogP contribution in [-0.4, -0.2) is 43.4 Å². The fraction of sp³-hybridized carbons (Fsp3) is 0.222. The van der Waals surface area contributed by atoms with Crippen LogP contribution in [0.2, 0.25) is 5.02 Å². The highest BCUT2D eigenvalue weighted by molar-refractivity contribution is 6.30. The molecule has 1 saturated heterocycles.